The maximum absolute atomic E-state index is 13.3. The van der Waals surface area contributed by atoms with E-state index in [0.29, 0.717) is 0 Å². The van der Waals surface area contributed by atoms with Gasteiger partial charge in [-0.05, 0) is 37.8 Å². The van der Waals surface area contributed by atoms with E-state index in [9.17, 15) is 18.8 Å². The van der Waals surface area contributed by atoms with Gasteiger partial charge in [0.2, 0.25) is 0 Å². The number of Topliss-reactive ketones (excluding diaryl/α,β-unsaturated/α-hetero) is 1. The van der Waals surface area contributed by atoms with Gasteiger partial charge in [-0.2, -0.15) is 0 Å². The maximum atomic E-state index is 13.3. The molecule has 6 heteroatoms. The molecule has 1 unspecified atom stereocenters. The molecule has 1 saturated heterocycles. The number of carbonyl (C=O) groups is 3. The van der Waals surface area contributed by atoms with Gasteiger partial charge >= 0.3 is 6.03 Å². The van der Waals surface area contributed by atoms with E-state index in [2.05, 4.69) is 0 Å². The number of likely N-dealkylation sites (N-methyl/N-ethyl adjacent to an activating group) is 1. The van der Waals surface area contributed by atoms with Gasteiger partial charge in [0.05, 0.1) is 6.54 Å². The van der Waals surface area contributed by atoms with Crippen molar-refractivity contribution >= 4 is 17.7 Å². The first-order valence-electron chi connectivity index (χ1n) is 8.74. The summed E-state index contributed by atoms with van der Waals surface area (Å²) < 4.78 is 13.3. The van der Waals surface area contributed by atoms with Gasteiger partial charge in [-0.1, -0.05) is 31.4 Å². The fourth-order valence-corrected chi connectivity index (χ4v) is 4.03. The van der Waals surface area contributed by atoms with Crippen molar-refractivity contribution in [3.05, 3.63) is 35.6 Å². The van der Waals surface area contributed by atoms with Crippen molar-refractivity contribution in [3.8, 4) is 0 Å². The lowest BCUT2D eigenvalue weighted by atomic mass is 9.75. The van der Waals surface area contributed by atoms with E-state index >= 15 is 0 Å². The summed E-state index contributed by atoms with van der Waals surface area (Å²) in [5, 5.41) is 0. The van der Waals surface area contributed by atoms with Crippen LogP contribution in [0.4, 0.5) is 9.18 Å². The molecule has 1 atom stereocenters. The molecular weight excluding hydrogens is 323 g/mol. The number of hydrogen-bond acceptors (Lipinski definition) is 3. The maximum Gasteiger partial charge on any atom is 0.327 e. The Morgan fingerprint density at radius 3 is 2.56 bits per heavy atom. The third kappa shape index (κ3) is 2.94. The number of hydrogen-bond donors (Lipinski definition) is 0. The zero-order valence-corrected chi connectivity index (χ0v) is 14.6. The van der Waals surface area contributed by atoms with Crippen LogP contribution in [0.2, 0.25) is 0 Å². The monoisotopic (exact) mass is 346 g/mol. The van der Waals surface area contributed by atoms with Crippen LogP contribution in [0.15, 0.2) is 24.3 Å². The SMILES string of the molecule is CN1C(=O)N(CC(=O)c2cccc(F)c2)C(=O)C1(C)C1CCCCC1. The lowest BCUT2D eigenvalue weighted by molar-refractivity contribution is -0.135. The van der Waals surface area contributed by atoms with Crippen LogP contribution in [0, 0.1) is 11.7 Å². The third-order valence-electron chi connectivity index (χ3n) is 5.74. The average Bonchev–Trinajstić information content (AvgIpc) is 2.78. The molecule has 0 N–H and O–H groups in total. The standard InChI is InChI=1S/C19H23FN2O3/c1-19(14-8-4-3-5-9-14)17(24)22(18(25)21(19)2)12-16(23)13-7-6-10-15(20)11-13/h6-7,10-11,14H,3-5,8-9,12H2,1-2H3. The molecule has 0 radical (unpaired) electrons. The topological polar surface area (TPSA) is 57.7 Å². The fourth-order valence-electron chi connectivity index (χ4n) is 4.03. The van der Waals surface area contributed by atoms with Gasteiger partial charge in [0, 0.05) is 12.6 Å². The summed E-state index contributed by atoms with van der Waals surface area (Å²) in [6.07, 6.45) is 5.08. The minimum Gasteiger partial charge on any atom is -0.313 e. The molecule has 2 aliphatic rings. The Kier molecular flexibility index (Phi) is 4.62. The number of urea groups is 1. The summed E-state index contributed by atoms with van der Waals surface area (Å²) in [6.45, 7) is 1.45. The Morgan fingerprint density at radius 2 is 1.92 bits per heavy atom. The Bertz CT molecular complexity index is 714. The van der Waals surface area contributed by atoms with Crippen molar-refractivity contribution in [2.24, 2.45) is 5.92 Å². The van der Waals surface area contributed by atoms with E-state index in [1.165, 1.54) is 23.1 Å². The van der Waals surface area contributed by atoms with E-state index in [4.69, 9.17) is 0 Å². The highest BCUT2D eigenvalue weighted by molar-refractivity contribution is 6.11. The largest absolute Gasteiger partial charge is 0.327 e. The predicted molar refractivity (Wildman–Crippen MR) is 90.6 cm³/mol. The number of amides is 3. The minimum atomic E-state index is -0.903. The lowest BCUT2D eigenvalue weighted by Gasteiger charge is -2.38. The molecule has 1 aromatic rings. The van der Waals surface area contributed by atoms with Gasteiger partial charge in [0.25, 0.3) is 5.91 Å². The van der Waals surface area contributed by atoms with E-state index in [0.717, 1.165) is 43.1 Å². The normalized spacial score (nSPS) is 24.9. The first kappa shape index (κ1) is 17.6. The van der Waals surface area contributed by atoms with Crippen LogP contribution in [0.25, 0.3) is 0 Å². The molecule has 0 aromatic heterocycles. The highest BCUT2D eigenvalue weighted by Gasteiger charge is 2.56. The number of carbonyl (C=O) groups excluding carboxylic acids is 3. The Balaban J connectivity index is 1.81. The number of ketones is 1. The van der Waals surface area contributed by atoms with Crippen LogP contribution in [-0.4, -0.2) is 46.7 Å². The van der Waals surface area contributed by atoms with Gasteiger partial charge in [0.15, 0.2) is 5.78 Å². The number of benzene rings is 1. The molecule has 1 heterocycles. The van der Waals surface area contributed by atoms with Crippen molar-refractivity contribution in [3.63, 3.8) is 0 Å². The molecule has 1 aliphatic heterocycles. The second-order valence-electron chi connectivity index (χ2n) is 7.15. The molecule has 1 aromatic carbocycles. The molecule has 0 spiro atoms. The van der Waals surface area contributed by atoms with Crippen LogP contribution < -0.4 is 0 Å². The fraction of sp³-hybridized carbons (Fsp3) is 0.526. The van der Waals surface area contributed by atoms with Crippen molar-refractivity contribution in [2.75, 3.05) is 13.6 Å². The number of halogens is 1. The van der Waals surface area contributed by atoms with E-state index < -0.39 is 23.2 Å². The number of rotatable bonds is 4. The van der Waals surface area contributed by atoms with Crippen LogP contribution in [0.5, 0.6) is 0 Å². The van der Waals surface area contributed by atoms with E-state index in [1.807, 2.05) is 0 Å². The number of imide groups is 1. The first-order chi connectivity index (χ1) is 11.9. The summed E-state index contributed by atoms with van der Waals surface area (Å²) >= 11 is 0. The molecule has 1 saturated carbocycles. The smallest absolute Gasteiger partial charge is 0.313 e. The zero-order chi connectivity index (χ0) is 18.2. The molecular formula is C19H23FN2O3. The Morgan fingerprint density at radius 1 is 1.24 bits per heavy atom. The van der Waals surface area contributed by atoms with Crippen molar-refractivity contribution in [2.45, 2.75) is 44.6 Å². The lowest BCUT2D eigenvalue weighted by Crippen LogP contribution is -2.52. The second kappa shape index (κ2) is 6.58. The van der Waals surface area contributed by atoms with Crippen molar-refractivity contribution in [1.29, 1.82) is 0 Å². The second-order valence-corrected chi connectivity index (χ2v) is 7.15. The molecule has 5 nitrogen and oxygen atoms in total. The molecule has 3 amide bonds. The third-order valence-corrected chi connectivity index (χ3v) is 5.74. The van der Waals surface area contributed by atoms with Gasteiger partial charge < -0.3 is 4.90 Å². The summed E-state index contributed by atoms with van der Waals surface area (Å²) in [5.74, 6) is -1.18. The van der Waals surface area contributed by atoms with Crippen LogP contribution >= 0.6 is 0 Å². The highest BCUT2D eigenvalue weighted by atomic mass is 19.1. The zero-order valence-electron chi connectivity index (χ0n) is 14.6. The van der Waals surface area contributed by atoms with Crippen molar-refractivity contribution < 1.29 is 18.8 Å². The Labute approximate surface area is 146 Å². The first-order valence-corrected chi connectivity index (χ1v) is 8.74. The van der Waals surface area contributed by atoms with Gasteiger partial charge in [-0.25, -0.2) is 9.18 Å². The van der Waals surface area contributed by atoms with Gasteiger partial charge in [-0.15, -0.1) is 0 Å². The molecule has 0 bridgehead atoms. The summed E-state index contributed by atoms with van der Waals surface area (Å²) in [4.78, 5) is 40.5. The van der Waals surface area contributed by atoms with Crippen LogP contribution in [0.1, 0.15) is 49.4 Å². The average molecular weight is 346 g/mol. The molecule has 25 heavy (non-hydrogen) atoms. The van der Waals surface area contributed by atoms with Gasteiger partial charge in [0.1, 0.15) is 11.4 Å². The molecule has 134 valence electrons. The van der Waals surface area contributed by atoms with Crippen LogP contribution in [0.3, 0.4) is 0 Å². The van der Waals surface area contributed by atoms with E-state index in [-0.39, 0.29) is 23.9 Å². The number of nitrogens with zero attached hydrogens (tertiary/aromatic N) is 2. The summed E-state index contributed by atoms with van der Waals surface area (Å²) in [5.41, 5.74) is -0.741. The quantitative estimate of drug-likeness (QED) is 0.621. The summed E-state index contributed by atoms with van der Waals surface area (Å²) in [7, 11) is 1.63. The summed E-state index contributed by atoms with van der Waals surface area (Å²) in [6, 6.07) is 4.84. The van der Waals surface area contributed by atoms with Crippen LogP contribution in [-0.2, 0) is 4.79 Å². The predicted octanol–water partition coefficient (Wildman–Crippen LogP) is 3.24. The molecule has 3 rings (SSSR count). The minimum absolute atomic E-state index is 0.108. The Hall–Kier alpha value is -2.24. The molecule has 2 fully saturated rings. The highest BCUT2D eigenvalue weighted by Crippen LogP contribution is 2.40. The molecule has 1 aliphatic carbocycles. The van der Waals surface area contributed by atoms with E-state index in [1.54, 1.807) is 14.0 Å². The van der Waals surface area contributed by atoms with Gasteiger partial charge in [-0.3, -0.25) is 14.5 Å². The van der Waals surface area contributed by atoms with Crippen molar-refractivity contribution in [1.82, 2.24) is 9.80 Å².